The summed E-state index contributed by atoms with van der Waals surface area (Å²) in [6.45, 7) is 0.284. The summed E-state index contributed by atoms with van der Waals surface area (Å²) in [5, 5.41) is 9.68. The molecule has 0 spiro atoms. The zero-order valence-electron chi connectivity index (χ0n) is 11.7. The van der Waals surface area contributed by atoms with Crippen molar-refractivity contribution in [3.63, 3.8) is 0 Å². The highest BCUT2D eigenvalue weighted by atomic mass is 35.5. The number of carboxylic acid groups (broad SMARTS) is 1. The van der Waals surface area contributed by atoms with Crippen molar-refractivity contribution in [2.24, 2.45) is 0 Å². The molecule has 0 atom stereocenters. The highest BCUT2D eigenvalue weighted by molar-refractivity contribution is 6.31. The zero-order valence-corrected chi connectivity index (χ0v) is 12.4. The fraction of sp³-hybridized carbons (Fsp3) is 0.125. The average Bonchev–Trinajstić information content (AvgIpc) is 2.83. The van der Waals surface area contributed by atoms with E-state index in [1.165, 1.54) is 23.1 Å². The molecule has 0 aliphatic carbocycles. The van der Waals surface area contributed by atoms with Gasteiger partial charge < -0.3 is 14.7 Å². The molecule has 1 aliphatic heterocycles. The van der Waals surface area contributed by atoms with Crippen molar-refractivity contribution >= 4 is 29.2 Å². The van der Waals surface area contributed by atoms with E-state index in [-0.39, 0.29) is 18.0 Å². The second-order valence-corrected chi connectivity index (χ2v) is 5.32. The van der Waals surface area contributed by atoms with Gasteiger partial charge in [0.1, 0.15) is 5.75 Å². The number of amides is 1. The van der Waals surface area contributed by atoms with Crippen LogP contribution in [0.5, 0.6) is 5.75 Å². The number of benzene rings is 2. The third-order valence-corrected chi connectivity index (χ3v) is 3.83. The van der Waals surface area contributed by atoms with Crippen LogP contribution in [0.25, 0.3) is 0 Å². The third kappa shape index (κ3) is 2.29. The number of nitrogens with zero attached hydrogens (tertiary/aromatic N) is 1. The van der Waals surface area contributed by atoms with Crippen LogP contribution in [0.3, 0.4) is 0 Å². The second-order valence-electron chi connectivity index (χ2n) is 4.88. The van der Waals surface area contributed by atoms with Gasteiger partial charge in [0.15, 0.2) is 0 Å². The van der Waals surface area contributed by atoms with Gasteiger partial charge in [-0.15, -0.1) is 0 Å². The SMILES string of the molecule is COc1ccc2c(c1)CN(c1cc(Cl)ccc1C(=O)O)C2=O. The Hall–Kier alpha value is -2.53. The Kier molecular flexibility index (Phi) is 3.50. The Morgan fingerprint density at radius 3 is 2.73 bits per heavy atom. The first-order chi connectivity index (χ1) is 10.5. The molecule has 0 saturated carbocycles. The first kappa shape index (κ1) is 14.4. The van der Waals surface area contributed by atoms with Crippen LogP contribution in [0.2, 0.25) is 5.02 Å². The van der Waals surface area contributed by atoms with E-state index in [1.807, 2.05) is 0 Å². The Bertz CT molecular complexity index is 788. The number of carboxylic acids is 1. The number of halogens is 1. The van der Waals surface area contributed by atoms with Gasteiger partial charge in [-0.25, -0.2) is 4.79 Å². The summed E-state index contributed by atoms with van der Waals surface area (Å²) in [6, 6.07) is 9.55. The number of hydrogen-bond donors (Lipinski definition) is 1. The van der Waals surface area contributed by atoms with Crippen LogP contribution in [0.1, 0.15) is 26.3 Å². The van der Waals surface area contributed by atoms with E-state index in [9.17, 15) is 14.7 Å². The van der Waals surface area contributed by atoms with E-state index in [2.05, 4.69) is 0 Å². The summed E-state index contributed by atoms with van der Waals surface area (Å²) < 4.78 is 5.15. The maximum Gasteiger partial charge on any atom is 0.337 e. The van der Waals surface area contributed by atoms with Crippen LogP contribution in [-0.4, -0.2) is 24.1 Å². The quantitative estimate of drug-likeness (QED) is 0.944. The maximum absolute atomic E-state index is 12.5. The molecule has 1 heterocycles. The molecule has 2 aromatic rings. The molecule has 0 aromatic heterocycles. The Balaban J connectivity index is 2.07. The number of ether oxygens (including phenoxy) is 1. The van der Waals surface area contributed by atoms with E-state index in [4.69, 9.17) is 16.3 Å². The molecule has 2 aromatic carbocycles. The molecule has 0 bridgehead atoms. The lowest BCUT2D eigenvalue weighted by Gasteiger charge is -2.18. The second kappa shape index (κ2) is 5.35. The molecule has 3 rings (SSSR count). The summed E-state index contributed by atoms with van der Waals surface area (Å²) in [6.07, 6.45) is 0. The van der Waals surface area contributed by atoms with Gasteiger partial charge in [0.2, 0.25) is 0 Å². The van der Waals surface area contributed by atoms with Crippen LogP contribution in [0, 0.1) is 0 Å². The standard InChI is InChI=1S/C16H12ClNO4/c1-22-11-3-5-12-9(6-11)8-18(15(12)19)14-7-10(17)2-4-13(14)16(20)21/h2-7H,8H2,1H3,(H,20,21). The lowest BCUT2D eigenvalue weighted by atomic mass is 10.1. The summed E-state index contributed by atoms with van der Waals surface area (Å²) in [7, 11) is 1.55. The smallest absolute Gasteiger partial charge is 0.337 e. The minimum atomic E-state index is -1.10. The van der Waals surface area contributed by atoms with Crippen LogP contribution < -0.4 is 9.64 Å². The van der Waals surface area contributed by atoms with Crippen molar-refractivity contribution in [2.75, 3.05) is 12.0 Å². The van der Waals surface area contributed by atoms with Crippen molar-refractivity contribution in [1.29, 1.82) is 0 Å². The van der Waals surface area contributed by atoms with Crippen LogP contribution in [-0.2, 0) is 6.54 Å². The predicted molar refractivity (Wildman–Crippen MR) is 81.9 cm³/mol. The highest BCUT2D eigenvalue weighted by Gasteiger charge is 2.31. The Labute approximate surface area is 131 Å². The first-order valence-corrected chi connectivity index (χ1v) is 6.90. The van der Waals surface area contributed by atoms with Gasteiger partial charge >= 0.3 is 5.97 Å². The maximum atomic E-state index is 12.5. The van der Waals surface area contributed by atoms with Gasteiger partial charge in [-0.2, -0.15) is 0 Å². The third-order valence-electron chi connectivity index (χ3n) is 3.60. The largest absolute Gasteiger partial charge is 0.497 e. The molecular formula is C16H12ClNO4. The molecule has 1 aliphatic rings. The number of hydrogen-bond acceptors (Lipinski definition) is 3. The van der Waals surface area contributed by atoms with Crippen LogP contribution in [0.4, 0.5) is 5.69 Å². The number of rotatable bonds is 3. The first-order valence-electron chi connectivity index (χ1n) is 6.53. The molecule has 6 heteroatoms. The topological polar surface area (TPSA) is 66.8 Å². The number of aromatic carboxylic acids is 1. The van der Waals surface area contributed by atoms with Crippen molar-refractivity contribution in [2.45, 2.75) is 6.54 Å². The molecule has 5 nitrogen and oxygen atoms in total. The summed E-state index contributed by atoms with van der Waals surface area (Å²) in [4.78, 5) is 25.3. The van der Waals surface area contributed by atoms with Gasteiger partial charge in [-0.3, -0.25) is 4.79 Å². The normalized spacial score (nSPS) is 13.2. The van der Waals surface area contributed by atoms with Gasteiger partial charge in [0.25, 0.3) is 5.91 Å². The minimum absolute atomic E-state index is 0.0394. The number of anilines is 1. The van der Waals surface area contributed by atoms with Crippen LogP contribution in [0.15, 0.2) is 36.4 Å². The van der Waals surface area contributed by atoms with Gasteiger partial charge in [0.05, 0.1) is 24.9 Å². The van der Waals surface area contributed by atoms with E-state index in [0.717, 1.165) is 5.56 Å². The highest BCUT2D eigenvalue weighted by Crippen LogP contribution is 2.34. The van der Waals surface area contributed by atoms with Gasteiger partial charge in [-0.1, -0.05) is 11.6 Å². The molecule has 0 radical (unpaired) electrons. The van der Waals surface area contributed by atoms with Crippen molar-refractivity contribution in [3.05, 3.63) is 58.1 Å². The lowest BCUT2D eigenvalue weighted by Crippen LogP contribution is -2.25. The molecular weight excluding hydrogens is 306 g/mol. The average molecular weight is 318 g/mol. The predicted octanol–water partition coefficient (Wildman–Crippen LogP) is 3.21. The molecule has 0 saturated heterocycles. The fourth-order valence-electron chi connectivity index (χ4n) is 2.53. The summed E-state index contributed by atoms with van der Waals surface area (Å²) >= 11 is 5.96. The minimum Gasteiger partial charge on any atom is -0.497 e. The molecule has 1 amide bonds. The summed E-state index contributed by atoms with van der Waals surface area (Å²) in [5.41, 5.74) is 1.66. The summed E-state index contributed by atoms with van der Waals surface area (Å²) in [5.74, 6) is -0.701. The Morgan fingerprint density at radius 2 is 2.05 bits per heavy atom. The zero-order chi connectivity index (χ0) is 15.9. The van der Waals surface area contributed by atoms with Crippen LogP contribution >= 0.6 is 11.6 Å². The van der Waals surface area contributed by atoms with E-state index < -0.39 is 5.97 Å². The van der Waals surface area contributed by atoms with Crippen molar-refractivity contribution < 1.29 is 19.4 Å². The van der Waals surface area contributed by atoms with E-state index in [0.29, 0.717) is 22.0 Å². The van der Waals surface area contributed by atoms with Gasteiger partial charge in [-0.05, 0) is 42.0 Å². The Morgan fingerprint density at radius 1 is 1.27 bits per heavy atom. The van der Waals surface area contributed by atoms with Gasteiger partial charge in [0, 0.05) is 10.6 Å². The number of carbonyl (C=O) groups excluding carboxylic acids is 1. The monoisotopic (exact) mass is 317 g/mol. The molecule has 0 unspecified atom stereocenters. The number of carbonyl (C=O) groups is 2. The molecule has 22 heavy (non-hydrogen) atoms. The number of fused-ring (bicyclic) bond motifs is 1. The lowest BCUT2D eigenvalue weighted by molar-refractivity contribution is 0.0697. The van der Waals surface area contributed by atoms with Crippen molar-refractivity contribution in [3.8, 4) is 5.75 Å². The van der Waals surface area contributed by atoms with E-state index >= 15 is 0 Å². The number of methoxy groups -OCH3 is 1. The van der Waals surface area contributed by atoms with E-state index in [1.54, 1.807) is 25.3 Å². The van der Waals surface area contributed by atoms with Crippen molar-refractivity contribution in [1.82, 2.24) is 0 Å². The molecule has 0 fully saturated rings. The fourth-order valence-corrected chi connectivity index (χ4v) is 2.69. The molecule has 112 valence electrons. The molecule has 1 N–H and O–H groups in total.